The van der Waals surface area contributed by atoms with Crippen molar-refractivity contribution in [2.24, 2.45) is 5.92 Å². The highest BCUT2D eigenvalue weighted by Crippen LogP contribution is 2.20. The molecule has 3 rings (SSSR count). The highest BCUT2D eigenvalue weighted by Gasteiger charge is 2.30. The van der Waals surface area contributed by atoms with Gasteiger partial charge in [0.2, 0.25) is 5.91 Å². The molecule has 1 fully saturated rings. The van der Waals surface area contributed by atoms with E-state index in [9.17, 15) is 4.79 Å². The number of H-pyrrole nitrogens is 1. The van der Waals surface area contributed by atoms with Crippen molar-refractivity contribution in [3.8, 4) is 0 Å². The summed E-state index contributed by atoms with van der Waals surface area (Å²) >= 11 is 0. The van der Waals surface area contributed by atoms with Crippen LogP contribution in [0.1, 0.15) is 30.2 Å². The fraction of sp³-hybridized carbons (Fsp3) is 0.500. The monoisotopic (exact) mass is 344 g/mol. The van der Waals surface area contributed by atoms with Crippen molar-refractivity contribution in [2.75, 3.05) is 26.3 Å². The Hall–Kier alpha value is -2.25. The third kappa shape index (κ3) is 4.64. The number of carbonyl (C=O) groups is 1. The van der Waals surface area contributed by atoms with Gasteiger partial charge in [-0.05, 0) is 12.5 Å². The maximum absolute atomic E-state index is 12.7. The Kier molecular flexibility index (Phi) is 5.78. The lowest BCUT2D eigenvalue weighted by Crippen LogP contribution is -2.45. The Bertz CT molecular complexity index is 689. The van der Waals surface area contributed by atoms with Crippen LogP contribution in [0, 0.1) is 12.8 Å². The molecule has 25 heavy (non-hydrogen) atoms. The first-order chi connectivity index (χ1) is 12.1. The van der Waals surface area contributed by atoms with Gasteiger partial charge in [-0.1, -0.05) is 37.3 Å². The van der Waals surface area contributed by atoms with Crippen molar-refractivity contribution in [1.82, 2.24) is 20.1 Å². The molecule has 0 saturated carbocycles. The molecule has 0 spiro atoms. The van der Waals surface area contributed by atoms with Crippen LogP contribution in [0.5, 0.6) is 0 Å². The zero-order valence-corrected chi connectivity index (χ0v) is 14.6. The third-order valence-corrected chi connectivity index (χ3v) is 4.18. The minimum atomic E-state index is -0.278. The topological polar surface area (TPSA) is 80.3 Å². The van der Waals surface area contributed by atoms with E-state index >= 15 is 0 Å². The lowest BCUT2D eigenvalue weighted by Gasteiger charge is -2.33. The molecule has 7 nitrogen and oxygen atoms in total. The summed E-state index contributed by atoms with van der Waals surface area (Å²) in [6.45, 7) is 6.20. The molecule has 1 saturated heterocycles. The number of benzene rings is 1. The second-order valence-corrected chi connectivity index (χ2v) is 6.32. The number of nitrogens with one attached hydrogen (secondary N) is 1. The zero-order valence-electron chi connectivity index (χ0n) is 14.6. The minimum absolute atomic E-state index is 0.0774. The summed E-state index contributed by atoms with van der Waals surface area (Å²) in [6, 6.07) is 9.95. The van der Waals surface area contributed by atoms with Crippen LogP contribution in [0.3, 0.4) is 0 Å². The molecule has 2 heterocycles. The predicted octanol–water partition coefficient (Wildman–Crippen LogP) is 1.87. The number of rotatable bonds is 6. The van der Waals surface area contributed by atoms with Gasteiger partial charge in [-0.25, -0.2) is 4.98 Å². The van der Waals surface area contributed by atoms with Crippen LogP contribution in [-0.4, -0.2) is 52.3 Å². The van der Waals surface area contributed by atoms with Gasteiger partial charge in [0, 0.05) is 6.54 Å². The largest absolute Gasteiger partial charge is 0.376 e. The summed E-state index contributed by atoms with van der Waals surface area (Å²) in [7, 11) is 0. The Labute approximate surface area is 147 Å². The predicted molar refractivity (Wildman–Crippen MR) is 91.7 cm³/mol. The van der Waals surface area contributed by atoms with Gasteiger partial charge in [0.05, 0.1) is 32.3 Å². The quantitative estimate of drug-likeness (QED) is 0.865. The first kappa shape index (κ1) is 17.6. The molecule has 1 aromatic carbocycles. The van der Waals surface area contributed by atoms with Crippen molar-refractivity contribution < 1.29 is 14.3 Å². The normalized spacial score (nSPS) is 19.0. The molecule has 1 amide bonds. The molecule has 0 aliphatic carbocycles. The van der Waals surface area contributed by atoms with E-state index in [4.69, 9.17) is 9.47 Å². The molecular weight excluding hydrogens is 320 g/mol. The number of morpholine rings is 1. The second kappa shape index (κ2) is 8.22. The van der Waals surface area contributed by atoms with Gasteiger partial charge in [0.1, 0.15) is 11.9 Å². The molecular formula is C18H24N4O3. The van der Waals surface area contributed by atoms with E-state index in [0.29, 0.717) is 38.7 Å². The summed E-state index contributed by atoms with van der Waals surface area (Å²) in [5, 5.41) is 6.95. The van der Waals surface area contributed by atoms with Crippen molar-refractivity contribution in [3.63, 3.8) is 0 Å². The van der Waals surface area contributed by atoms with Crippen molar-refractivity contribution in [1.29, 1.82) is 0 Å². The average Bonchev–Trinajstić information content (AvgIpc) is 3.08. The van der Waals surface area contributed by atoms with Gasteiger partial charge in [0.15, 0.2) is 5.82 Å². The molecule has 0 unspecified atom stereocenters. The number of hydrogen-bond acceptors (Lipinski definition) is 5. The second-order valence-electron chi connectivity index (χ2n) is 6.32. The number of hydrogen-bond donors (Lipinski definition) is 1. The van der Waals surface area contributed by atoms with Crippen LogP contribution < -0.4 is 0 Å². The standard InChI is InChI=1S/C18H24N4O3/c1-13(11-24-12-15-6-4-3-5-7-15)18(23)22-8-9-25-16(10-22)17-19-14(2)20-21-17/h3-7,13,16H,8-12H2,1-2H3,(H,19,20,21)/t13-,16+/m0/s1. The summed E-state index contributed by atoms with van der Waals surface area (Å²) in [5.41, 5.74) is 1.11. The van der Waals surface area contributed by atoms with E-state index in [1.54, 1.807) is 0 Å². The number of amides is 1. The van der Waals surface area contributed by atoms with Crippen LogP contribution in [0.25, 0.3) is 0 Å². The van der Waals surface area contributed by atoms with Gasteiger partial charge >= 0.3 is 0 Å². The van der Waals surface area contributed by atoms with E-state index in [1.165, 1.54) is 0 Å². The first-order valence-electron chi connectivity index (χ1n) is 8.54. The van der Waals surface area contributed by atoms with Crippen molar-refractivity contribution in [3.05, 3.63) is 47.5 Å². The van der Waals surface area contributed by atoms with Gasteiger partial charge < -0.3 is 14.4 Å². The average molecular weight is 344 g/mol. The molecule has 1 aliphatic heterocycles. The number of carbonyl (C=O) groups excluding carboxylic acids is 1. The molecule has 134 valence electrons. The fourth-order valence-corrected chi connectivity index (χ4v) is 2.82. The number of ether oxygens (including phenoxy) is 2. The van der Waals surface area contributed by atoms with E-state index in [2.05, 4.69) is 15.2 Å². The summed E-state index contributed by atoms with van der Waals surface area (Å²) in [5.74, 6) is 1.22. The molecule has 1 aliphatic rings. The van der Waals surface area contributed by atoms with E-state index in [1.807, 2.05) is 49.1 Å². The van der Waals surface area contributed by atoms with Crippen LogP contribution in [0.2, 0.25) is 0 Å². The Morgan fingerprint density at radius 2 is 2.24 bits per heavy atom. The SMILES string of the molecule is Cc1nc([C@H]2CN(C(=O)[C@@H](C)COCc3ccccc3)CCO2)n[nH]1. The van der Waals surface area contributed by atoms with Crippen LogP contribution in [0.4, 0.5) is 0 Å². The van der Waals surface area contributed by atoms with E-state index in [-0.39, 0.29) is 17.9 Å². The van der Waals surface area contributed by atoms with Gasteiger partial charge in [0.25, 0.3) is 0 Å². The molecule has 1 N–H and O–H groups in total. The molecule has 7 heteroatoms. The van der Waals surface area contributed by atoms with Gasteiger partial charge in [-0.3, -0.25) is 9.89 Å². The van der Waals surface area contributed by atoms with Crippen molar-refractivity contribution >= 4 is 5.91 Å². The van der Waals surface area contributed by atoms with Crippen LogP contribution in [-0.2, 0) is 20.9 Å². The Morgan fingerprint density at radius 3 is 2.96 bits per heavy atom. The molecule has 2 atom stereocenters. The molecule has 0 radical (unpaired) electrons. The number of aromatic amines is 1. The van der Waals surface area contributed by atoms with Gasteiger partial charge in [-0.2, -0.15) is 5.10 Å². The summed E-state index contributed by atoms with van der Waals surface area (Å²) < 4.78 is 11.4. The minimum Gasteiger partial charge on any atom is -0.376 e. The zero-order chi connectivity index (χ0) is 17.6. The molecule has 2 aromatic rings. The van der Waals surface area contributed by atoms with Gasteiger partial charge in [-0.15, -0.1) is 0 Å². The maximum Gasteiger partial charge on any atom is 0.227 e. The number of nitrogens with zero attached hydrogens (tertiary/aromatic N) is 3. The van der Waals surface area contributed by atoms with E-state index < -0.39 is 0 Å². The number of aryl methyl sites for hydroxylation is 1. The Morgan fingerprint density at radius 1 is 1.44 bits per heavy atom. The summed E-state index contributed by atoms with van der Waals surface area (Å²) in [4.78, 5) is 18.8. The van der Waals surface area contributed by atoms with Crippen molar-refractivity contribution in [2.45, 2.75) is 26.6 Å². The fourth-order valence-electron chi connectivity index (χ4n) is 2.82. The number of aromatic nitrogens is 3. The smallest absolute Gasteiger partial charge is 0.227 e. The Balaban J connectivity index is 1.49. The summed E-state index contributed by atoms with van der Waals surface area (Å²) in [6.07, 6.45) is -0.278. The highest BCUT2D eigenvalue weighted by molar-refractivity contribution is 5.78. The molecule has 0 bridgehead atoms. The third-order valence-electron chi connectivity index (χ3n) is 4.18. The highest BCUT2D eigenvalue weighted by atomic mass is 16.5. The lowest BCUT2D eigenvalue weighted by molar-refractivity contribution is -0.145. The van der Waals surface area contributed by atoms with E-state index in [0.717, 1.165) is 11.4 Å². The lowest BCUT2D eigenvalue weighted by atomic mass is 10.1. The first-order valence-corrected chi connectivity index (χ1v) is 8.54. The molecule has 1 aromatic heterocycles. The van der Waals surface area contributed by atoms with Crippen LogP contribution >= 0.6 is 0 Å². The van der Waals surface area contributed by atoms with Crippen LogP contribution in [0.15, 0.2) is 30.3 Å². The maximum atomic E-state index is 12.7.